The molecule has 3 aromatic rings. The van der Waals surface area contributed by atoms with Crippen molar-refractivity contribution in [3.8, 4) is 5.75 Å². The predicted octanol–water partition coefficient (Wildman–Crippen LogP) is 4.69. The molecular formula is C26H30N2O4S. The Hall–Kier alpha value is -3.32. The molecule has 0 fully saturated rings. The topological polar surface area (TPSA) is 75.7 Å². The summed E-state index contributed by atoms with van der Waals surface area (Å²) in [5, 5.41) is 2.94. The fraction of sp³-hybridized carbons (Fsp3) is 0.269. The van der Waals surface area contributed by atoms with Crippen molar-refractivity contribution in [2.24, 2.45) is 0 Å². The molecule has 1 atom stereocenters. The van der Waals surface area contributed by atoms with Gasteiger partial charge in [-0.2, -0.15) is 0 Å². The Morgan fingerprint density at radius 2 is 1.64 bits per heavy atom. The Morgan fingerprint density at radius 1 is 0.970 bits per heavy atom. The largest absolute Gasteiger partial charge is 0.497 e. The number of sulfonamides is 1. The Bertz CT molecular complexity index is 1240. The molecule has 7 heteroatoms. The van der Waals surface area contributed by atoms with Crippen molar-refractivity contribution < 1.29 is 17.9 Å². The van der Waals surface area contributed by atoms with Crippen molar-refractivity contribution in [2.45, 2.75) is 38.6 Å². The molecule has 0 saturated carbocycles. The van der Waals surface area contributed by atoms with Crippen LogP contribution in [0, 0.1) is 20.8 Å². The molecule has 3 aromatic carbocycles. The molecule has 0 radical (unpaired) electrons. The number of amides is 1. The summed E-state index contributed by atoms with van der Waals surface area (Å²) in [4.78, 5) is 13.1. The molecule has 6 nitrogen and oxygen atoms in total. The number of ether oxygens (including phenoxy) is 1. The Labute approximate surface area is 196 Å². The molecule has 0 bridgehead atoms. The highest BCUT2D eigenvalue weighted by Crippen LogP contribution is 2.27. The number of carbonyl (C=O) groups excluding carboxylic acids is 1. The number of nitrogens with zero attached hydrogens (tertiary/aromatic N) is 1. The predicted molar refractivity (Wildman–Crippen MR) is 131 cm³/mol. The molecule has 0 aliphatic rings. The molecular weight excluding hydrogens is 436 g/mol. The van der Waals surface area contributed by atoms with Crippen molar-refractivity contribution in [1.29, 1.82) is 0 Å². The second kappa shape index (κ2) is 10.1. The van der Waals surface area contributed by atoms with Crippen LogP contribution >= 0.6 is 0 Å². The highest BCUT2D eigenvalue weighted by atomic mass is 32.2. The minimum atomic E-state index is -3.99. The molecule has 0 aliphatic carbocycles. The van der Waals surface area contributed by atoms with Gasteiger partial charge in [0.1, 0.15) is 12.3 Å². The first-order valence-corrected chi connectivity index (χ1v) is 12.2. The number of aryl methyl sites for hydroxylation is 3. The van der Waals surface area contributed by atoms with Crippen molar-refractivity contribution in [2.75, 3.05) is 18.0 Å². The summed E-state index contributed by atoms with van der Waals surface area (Å²) in [5.41, 5.74) is 4.50. The molecule has 0 unspecified atom stereocenters. The Balaban J connectivity index is 1.92. The van der Waals surface area contributed by atoms with Crippen LogP contribution in [0.2, 0.25) is 0 Å². The lowest BCUT2D eigenvalue weighted by molar-refractivity contribution is -0.120. The number of hydrogen-bond donors (Lipinski definition) is 1. The highest BCUT2D eigenvalue weighted by Gasteiger charge is 2.28. The van der Waals surface area contributed by atoms with E-state index in [1.54, 1.807) is 48.5 Å². The zero-order chi connectivity index (χ0) is 24.2. The van der Waals surface area contributed by atoms with Gasteiger partial charge >= 0.3 is 0 Å². The van der Waals surface area contributed by atoms with Gasteiger partial charge in [0.05, 0.1) is 23.7 Å². The van der Waals surface area contributed by atoms with E-state index in [1.807, 2.05) is 39.8 Å². The number of methoxy groups -OCH3 is 1. The van der Waals surface area contributed by atoms with Crippen LogP contribution in [0.1, 0.15) is 35.2 Å². The van der Waals surface area contributed by atoms with E-state index < -0.39 is 15.9 Å². The zero-order valence-corrected chi connectivity index (χ0v) is 20.4. The van der Waals surface area contributed by atoms with Gasteiger partial charge in [-0.15, -0.1) is 0 Å². The molecule has 0 heterocycles. The molecule has 0 aliphatic heterocycles. The molecule has 3 rings (SSSR count). The normalized spacial score (nSPS) is 12.2. The third kappa shape index (κ3) is 5.73. The summed E-state index contributed by atoms with van der Waals surface area (Å²) in [6.07, 6.45) is 0. The van der Waals surface area contributed by atoms with Gasteiger partial charge in [0.2, 0.25) is 5.91 Å². The fourth-order valence-electron chi connectivity index (χ4n) is 3.72. The van der Waals surface area contributed by atoms with E-state index in [-0.39, 0.29) is 17.5 Å². The molecule has 1 N–H and O–H groups in total. The van der Waals surface area contributed by atoms with Gasteiger partial charge in [0, 0.05) is 6.07 Å². The van der Waals surface area contributed by atoms with Crippen LogP contribution in [0.15, 0.2) is 71.6 Å². The van der Waals surface area contributed by atoms with Crippen LogP contribution in [0.5, 0.6) is 5.75 Å². The number of hydrogen-bond acceptors (Lipinski definition) is 4. The van der Waals surface area contributed by atoms with E-state index in [0.29, 0.717) is 11.4 Å². The second-order valence-electron chi connectivity index (χ2n) is 8.18. The second-order valence-corrected chi connectivity index (χ2v) is 10.0. The number of anilines is 1. The standard InChI is InChI=1S/C26H30N2O4S/c1-18-9-12-24(13-10-18)33(30,31)28(22-7-6-8-23(16-22)32-5)17-26(29)27-21(4)25-14-11-19(2)15-20(25)3/h6-16,21H,17H2,1-5H3,(H,27,29)/t21-/m1/s1. The van der Waals surface area contributed by atoms with Crippen molar-refractivity contribution in [1.82, 2.24) is 5.32 Å². The van der Waals surface area contributed by atoms with Crippen molar-refractivity contribution in [3.05, 3.63) is 89.0 Å². The number of nitrogens with one attached hydrogen (secondary N) is 1. The van der Waals surface area contributed by atoms with Crippen LogP contribution in [-0.2, 0) is 14.8 Å². The van der Waals surface area contributed by atoms with Crippen LogP contribution in [0.25, 0.3) is 0 Å². The minimum Gasteiger partial charge on any atom is -0.497 e. The zero-order valence-electron chi connectivity index (χ0n) is 19.6. The fourth-order valence-corrected chi connectivity index (χ4v) is 5.14. The molecule has 174 valence electrons. The summed E-state index contributed by atoms with van der Waals surface area (Å²) in [6, 6.07) is 19.0. The van der Waals surface area contributed by atoms with E-state index in [0.717, 1.165) is 26.6 Å². The monoisotopic (exact) mass is 466 g/mol. The van der Waals surface area contributed by atoms with Gasteiger partial charge in [-0.25, -0.2) is 8.42 Å². The van der Waals surface area contributed by atoms with Crippen LogP contribution in [0.4, 0.5) is 5.69 Å². The lowest BCUT2D eigenvalue weighted by Crippen LogP contribution is -2.41. The average molecular weight is 467 g/mol. The van der Waals surface area contributed by atoms with E-state index in [4.69, 9.17) is 4.74 Å². The smallest absolute Gasteiger partial charge is 0.264 e. The van der Waals surface area contributed by atoms with Crippen LogP contribution in [-0.4, -0.2) is 28.0 Å². The first kappa shape index (κ1) is 24.3. The first-order valence-electron chi connectivity index (χ1n) is 10.7. The van der Waals surface area contributed by atoms with Crippen LogP contribution < -0.4 is 14.4 Å². The van der Waals surface area contributed by atoms with Crippen molar-refractivity contribution >= 4 is 21.6 Å². The van der Waals surface area contributed by atoms with E-state index in [1.165, 1.54) is 7.11 Å². The van der Waals surface area contributed by atoms with Crippen molar-refractivity contribution in [3.63, 3.8) is 0 Å². The Kier molecular flexibility index (Phi) is 7.43. The SMILES string of the molecule is COc1cccc(N(CC(=O)N[C@H](C)c2ccc(C)cc2C)S(=O)(=O)c2ccc(C)cc2)c1. The number of carbonyl (C=O) groups is 1. The highest BCUT2D eigenvalue weighted by molar-refractivity contribution is 7.92. The summed E-state index contributed by atoms with van der Waals surface area (Å²) in [6.45, 7) is 7.42. The van der Waals surface area contributed by atoms with E-state index >= 15 is 0 Å². The summed E-state index contributed by atoms with van der Waals surface area (Å²) in [7, 11) is -2.48. The molecule has 0 saturated heterocycles. The molecule has 0 spiro atoms. The molecule has 33 heavy (non-hydrogen) atoms. The van der Waals surface area contributed by atoms with Gasteiger partial charge in [0.15, 0.2) is 0 Å². The third-order valence-electron chi connectivity index (χ3n) is 5.51. The maximum atomic E-state index is 13.5. The van der Waals surface area contributed by atoms with Gasteiger partial charge in [-0.1, -0.05) is 47.5 Å². The number of rotatable bonds is 8. The first-order chi connectivity index (χ1) is 15.6. The van der Waals surface area contributed by atoms with Crippen LogP contribution in [0.3, 0.4) is 0 Å². The van der Waals surface area contributed by atoms with E-state index in [2.05, 4.69) is 11.4 Å². The van der Waals surface area contributed by atoms with Gasteiger partial charge < -0.3 is 10.1 Å². The average Bonchev–Trinajstić information content (AvgIpc) is 2.77. The third-order valence-corrected chi connectivity index (χ3v) is 7.29. The number of benzene rings is 3. The summed E-state index contributed by atoms with van der Waals surface area (Å²) in [5.74, 6) is 0.0987. The van der Waals surface area contributed by atoms with Gasteiger partial charge in [-0.3, -0.25) is 9.10 Å². The summed E-state index contributed by atoms with van der Waals surface area (Å²) < 4.78 is 33.4. The molecule has 1 amide bonds. The van der Waals surface area contributed by atoms with Gasteiger partial charge in [-0.05, 0) is 63.1 Å². The Morgan fingerprint density at radius 3 is 2.27 bits per heavy atom. The maximum Gasteiger partial charge on any atom is 0.264 e. The van der Waals surface area contributed by atoms with Gasteiger partial charge in [0.25, 0.3) is 10.0 Å². The lowest BCUT2D eigenvalue weighted by Gasteiger charge is -2.26. The lowest BCUT2D eigenvalue weighted by atomic mass is 10.0. The summed E-state index contributed by atoms with van der Waals surface area (Å²) >= 11 is 0. The molecule has 0 aromatic heterocycles. The van der Waals surface area contributed by atoms with E-state index in [9.17, 15) is 13.2 Å². The quantitative estimate of drug-likeness (QED) is 0.522. The minimum absolute atomic E-state index is 0.117. The maximum absolute atomic E-state index is 13.5.